The lowest BCUT2D eigenvalue weighted by Gasteiger charge is -2.32. The van der Waals surface area contributed by atoms with Crippen molar-refractivity contribution in [3.8, 4) is 0 Å². The maximum atomic E-state index is 12.8. The van der Waals surface area contributed by atoms with E-state index in [2.05, 4.69) is 10.3 Å². The van der Waals surface area contributed by atoms with Gasteiger partial charge in [0.05, 0.1) is 12.5 Å². The maximum absolute atomic E-state index is 12.8. The Morgan fingerprint density at radius 1 is 1.13 bits per heavy atom. The van der Waals surface area contributed by atoms with E-state index in [-0.39, 0.29) is 23.7 Å². The number of aromatic nitrogens is 1. The molecule has 166 valence electrons. The van der Waals surface area contributed by atoms with Gasteiger partial charge >= 0.3 is 5.97 Å². The Bertz CT molecular complexity index is 780. The van der Waals surface area contributed by atoms with Gasteiger partial charge in [-0.2, -0.15) is 0 Å². The van der Waals surface area contributed by atoms with Crippen molar-refractivity contribution in [2.45, 2.75) is 78.2 Å². The molecule has 1 saturated heterocycles. The molecule has 0 bridgehead atoms. The van der Waals surface area contributed by atoms with Gasteiger partial charge in [0.1, 0.15) is 5.69 Å². The first-order valence-corrected chi connectivity index (χ1v) is 11.3. The molecule has 3 rings (SSSR count). The van der Waals surface area contributed by atoms with Gasteiger partial charge in [0.25, 0.3) is 0 Å². The van der Waals surface area contributed by atoms with E-state index in [1.54, 1.807) is 6.92 Å². The second-order valence-electron chi connectivity index (χ2n) is 8.62. The van der Waals surface area contributed by atoms with Crippen LogP contribution in [0.1, 0.15) is 79.2 Å². The number of carbonyl (C=O) groups is 3. The molecule has 2 fully saturated rings. The van der Waals surface area contributed by atoms with Crippen LogP contribution in [0.4, 0.5) is 0 Å². The zero-order chi connectivity index (χ0) is 21.7. The average molecular weight is 418 g/mol. The number of aromatic amines is 1. The monoisotopic (exact) mass is 417 g/mol. The Morgan fingerprint density at radius 2 is 1.87 bits per heavy atom. The van der Waals surface area contributed by atoms with E-state index < -0.39 is 0 Å². The molecule has 1 saturated carbocycles. The van der Waals surface area contributed by atoms with Crippen molar-refractivity contribution < 1.29 is 19.1 Å². The minimum absolute atomic E-state index is 0.0750. The second kappa shape index (κ2) is 10.1. The van der Waals surface area contributed by atoms with Crippen LogP contribution in [0.15, 0.2) is 0 Å². The van der Waals surface area contributed by atoms with Crippen molar-refractivity contribution in [3.63, 3.8) is 0 Å². The molecule has 2 N–H and O–H groups in total. The third-order valence-corrected chi connectivity index (χ3v) is 6.51. The highest BCUT2D eigenvalue weighted by atomic mass is 16.5. The summed E-state index contributed by atoms with van der Waals surface area (Å²) in [6, 6.07) is 0.316. The first-order valence-electron chi connectivity index (χ1n) is 11.3. The van der Waals surface area contributed by atoms with Crippen LogP contribution in [-0.4, -0.2) is 53.4 Å². The average Bonchev–Trinajstić information content (AvgIpc) is 3.34. The third-order valence-electron chi connectivity index (χ3n) is 6.51. The number of amides is 2. The number of rotatable bonds is 7. The van der Waals surface area contributed by atoms with Crippen LogP contribution in [0.25, 0.3) is 0 Å². The number of carbonyl (C=O) groups excluding carboxylic acids is 3. The lowest BCUT2D eigenvalue weighted by Crippen LogP contribution is -2.47. The van der Waals surface area contributed by atoms with Gasteiger partial charge in [-0.25, -0.2) is 4.79 Å². The molecule has 7 nitrogen and oxygen atoms in total. The molecule has 0 aromatic carbocycles. The molecular weight excluding hydrogens is 382 g/mol. The van der Waals surface area contributed by atoms with Crippen molar-refractivity contribution in [1.82, 2.24) is 15.2 Å². The maximum Gasteiger partial charge on any atom is 0.355 e. The van der Waals surface area contributed by atoms with Crippen molar-refractivity contribution in [2.24, 2.45) is 5.92 Å². The lowest BCUT2D eigenvalue weighted by molar-refractivity contribution is -0.135. The SMILES string of the molecule is CCOC(=O)c1[nH]c(C)c(CCC(=O)N2CCC[C@@H](C(=O)NC3CCCC3)C2)c1C. The van der Waals surface area contributed by atoms with E-state index in [4.69, 9.17) is 4.74 Å². The molecule has 2 heterocycles. The summed E-state index contributed by atoms with van der Waals surface area (Å²) in [5.74, 6) is -0.279. The minimum atomic E-state index is -0.358. The van der Waals surface area contributed by atoms with E-state index in [1.807, 2.05) is 18.7 Å². The fourth-order valence-electron chi connectivity index (χ4n) is 4.77. The van der Waals surface area contributed by atoms with Gasteiger partial charge in [-0.15, -0.1) is 0 Å². The smallest absolute Gasteiger partial charge is 0.355 e. The minimum Gasteiger partial charge on any atom is -0.461 e. The number of piperidine rings is 1. The number of ether oxygens (including phenoxy) is 1. The summed E-state index contributed by atoms with van der Waals surface area (Å²) in [5.41, 5.74) is 3.22. The Morgan fingerprint density at radius 3 is 2.57 bits per heavy atom. The van der Waals surface area contributed by atoms with Crippen LogP contribution in [0.3, 0.4) is 0 Å². The van der Waals surface area contributed by atoms with Gasteiger partial charge < -0.3 is 19.9 Å². The van der Waals surface area contributed by atoms with Crippen molar-refractivity contribution >= 4 is 17.8 Å². The number of aryl methyl sites for hydroxylation is 1. The summed E-state index contributed by atoms with van der Waals surface area (Å²) in [6.45, 7) is 7.14. The molecule has 0 spiro atoms. The number of H-pyrrole nitrogens is 1. The molecule has 0 radical (unpaired) electrons. The summed E-state index contributed by atoms with van der Waals surface area (Å²) < 4.78 is 5.10. The Kier molecular flexibility index (Phi) is 7.56. The van der Waals surface area contributed by atoms with E-state index in [9.17, 15) is 14.4 Å². The summed E-state index contributed by atoms with van der Waals surface area (Å²) in [5, 5.41) is 3.18. The number of esters is 1. The van der Waals surface area contributed by atoms with Gasteiger partial charge in [-0.3, -0.25) is 9.59 Å². The van der Waals surface area contributed by atoms with Crippen molar-refractivity contribution in [2.75, 3.05) is 19.7 Å². The molecule has 2 amide bonds. The molecule has 0 unspecified atom stereocenters. The highest BCUT2D eigenvalue weighted by Gasteiger charge is 2.30. The molecule has 1 aliphatic carbocycles. The van der Waals surface area contributed by atoms with Crippen LogP contribution in [0.5, 0.6) is 0 Å². The summed E-state index contributed by atoms with van der Waals surface area (Å²) in [7, 11) is 0. The lowest BCUT2D eigenvalue weighted by atomic mass is 9.96. The second-order valence-corrected chi connectivity index (χ2v) is 8.62. The van der Waals surface area contributed by atoms with Crippen molar-refractivity contribution in [3.05, 3.63) is 22.5 Å². The van der Waals surface area contributed by atoms with Gasteiger partial charge in [0, 0.05) is 31.2 Å². The Labute approximate surface area is 178 Å². The van der Waals surface area contributed by atoms with Gasteiger partial charge in [0.15, 0.2) is 0 Å². The molecule has 1 atom stereocenters. The molecule has 1 aromatic rings. The van der Waals surface area contributed by atoms with Crippen LogP contribution in [-0.2, 0) is 20.7 Å². The Balaban J connectivity index is 1.54. The quantitative estimate of drug-likeness (QED) is 0.667. The predicted molar refractivity (Wildman–Crippen MR) is 114 cm³/mol. The van der Waals surface area contributed by atoms with Gasteiger partial charge in [0.2, 0.25) is 11.8 Å². The standard InChI is InChI=1S/C23H35N3O4/c1-4-30-23(29)21-15(2)19(16(3)24-21)11-12-20(27)26-13-7-8-17(14-26)22(28)25-18-9-5-6-10-18/h17-18,24H,4-14H2,1-3H3,(H,25,28)/t17-/m1/s1. The predicted octanol–water partition coefficient (Wildman–Crippen LogP) is 3.04. The highest BCUT2D eigenvalue weighted by Crippen LogP contribution is 2.23. The summed E-state index contributed by atoms with van der Waals surface area (Å²) >= 11 is 0. The number of nitrogens with zero attached hydrogens (tertiary/aromatic N) is 1. The largest absolute Gasteiger partial charge is 0.461 e. The highest BCUT2D eigenvalue weighted by molar-refractivity contribution is 5.90. The first kappa shape index (κ1) is 22.4. The molecule has 7 heteroatoms. The number of likely N-dealkylation sites (tertiary alicyclic amines) is 1. The fourth-order valence-corrected chi connectivity index (χ4v) is 4.77. The summed E-state index contributed by atoms with van der Waals surface area (Å²) in [6.07, 6.45) is 7.19. The van der Waals surface area contributed by atoms with Gasteiger partial charge in [-0.05, 0) is 64.0 Å². The zero-order valence-corrected chi connectivity index (χ0v) is 18.5. The van der Waals surface area contributed by atoms with E-state index >= 15 is 0 Å². The van der Waals surface area contributed by atoms with E-state index in [0.717, 1.165) is 42.5 Å². The normalized spacial score (nSPS) is 19.7. The zero-order valence-electron chi connectivity index (χ0n) is 18.5. The van der Waals surface area contributed by atoms with Crippen LogP contribution in [0.2, 0.25) is 0 Å². The van der Waals surface area contributed by atoms with Crippen LogP contribution in [0, 0.1) is 19.8 Å². The third kappa shape index (κ3) is 5.24. The molecule has 1 aliphatic heterocycles. The van der Waals surface area contributed by atoms with E-state index in [0.29, 0.717) is 44.3 Å². The molecule has 30 heavy (non-hydrogen) atoms. The molecule has 1 aromatic heterocycles. The van der Waals surface area contributed by atoms with Crippen LogP contribution < -0.4 is 5.32 Å². The first-order chi connectivity index (χ1) is 14.4. The number of hydrogen-bond acceptors (Lipinski definition) is 4. The van der Waals surface area contributed by atoms with Gasteiger partial charge in [-0.1, -0.05) is 12.8 Å². The number of nitrogens with one attached hydrogen (secondary N) is 2. The molecular formula is C23H35N3O4. The van der Waals surface area contributed by atoms with Crippen molar-refractivity contribution in [1.29, 1.82) is 0 Å². The fraction of sp³-hybridized carbons (Fsp3) is 0.696. The topological polar surface area (TPSA) is 91.5 Å². The summed E-state index contributed by atoms with van der Waals surface area (Å²) in [4.78, 5) is 42.5. The molecule has 2 aliphatic rings. The van der Waals surface area contributed by atoms with E-state index in [1.165, 1.54) is 12.8 Å². The van der Waals surface area contributed by atoms with Crippen LogP contribution >= 0.6 is 0 Å². The number of hydrogen-bond donors (Lipinski definition) is 2. The Hall–Kier alpha value is -2.31.